The van der Waals surface area contributed by atoms with Gasteiger partial charge in [-0.25, -0.2) is 9.67 Å². The van der Waals surface area contributed by atoms with Crippen molar-refractivity contribution in [2.45, 2.75) is 12.3 Å². The van der Waals surface area contributed by atoms with Crippen molar-refractivity contribution in [3.8, 4) is 0 Å². The highest BCUT2D eigenvalue weighted by molar-refractivity contribution is 6.30. The molecule has 3 rings (SSSR count). The van der Waals surface area contributed by atoms with Crippen LogP contribution in [0, 0.1) is 0 Å². The van der Waals surface area contributed by atoms with E-state index in [0.29, 0.717) is 24.8 Å². The molecular formula is C12H12ClN3O2. The first kappa shape index (κ1) is 11.6. The van der Waals surface area contributed by atoms with Crippen LogP contribution in [0.3, 0.4) is 0 Å². The fraction of sp³-hybridized carbons (Fsp3) is 0.333. The molecule has 0 bridgehead atoms. The zero-order chi connectivity index (χ0) is 12.4. The van der Waals surface area contributed by atoms with Crippen LogP contribution in [0.4, 0.5) is 0 Å². The van der Waals surface area contributed by atoms with Crippen LogP contribution >= 0.6 is 11.6 Å². The first-order valence-electron chi connectivity index (χ1n) is 5.65. The summed E-state index contributed by atoms with van der Waals surface area (Å²) in [6.45, 7) is 1.60. The van der Waals surface area contributed by atoms with Crippen molar-refractivity contribution in [2.24, 2.45) is 0 Å². The van der Waals surface area contributed by atoms with E-state index in [1.165, 1.54) is 6.33 Å². The van der Waals surface area contributed by atoms with E-state index in [0.717, 1.165) is 5.56 Å². The van der Waals surface area contributed by atoms with E-state index in [9.17, 15) is 0 Å². The molecule has 1 aliphatic heterocycles. The number of nitrogens with zero attached hydrogens (tertiary/aromatic N) is 3. The number of aromatic nitrogens is 3. The van der Waals surface area contributed by atoms with Gasteiger partial charge >= 0.3 is 0 Å². The van der Waals surface area contributed by atoms with Crippen LogP contribution < -0.4 is 0 Å². The second-order valence-corrected chi connectivity index (χ2v) is 4.49. The lowest BCUT2D eigenvalue weighted by molar-refractivity contribution is -0.177. The van der Waals surface area contributed by atoms with Gasteiger partial charge in [0.15, 0.2) is 0 Å². The molecule has 0 radical (unpaired) electrons. The van der Waals surface area contributed by atoms with Crippen LogP contribution in [-0.2, 0) is 21.8 Å². The first-order valence-corrected chi connectivity index (χ1v) is 6.03. The zero-order valence-corrected chi connectivity index (χ0v) is 10.4. The van der Waals surface area contributed by atoms with Crippen LogP contribution in [0.1, 0.15) is 5.56 Å². The second kappa shape index (κ2) is 4.68. The Morgan fingerprint density at radius 1 is 1.22 bits per heavy atom. The third-order valence-corrected chi connectivity index (χ3v) is 3.13. The molecule has 5 nitrogen and oxygen atoms in total. The first-order chi connectivity index (χ1) is 8.78. The maximum atomic E-state index is 5.90. The molecule has 0 spiro atoms. The van der Waals surface area contributed by atoms with Crippen molar-refractivity contribution in [3.05, 3.63) is 47.5 Å². The Morgan fingerprint density at radius 2 is 1.94 bits per heavy atom. The van der Waals surface area contributed by atoms with Crippen molar-refractivity contribution in [1.29, 1.82) is 0 Å². The molecule has 1 aliphatic rings. The maximum Gasteiger partial charge on any atom is 0.215 e. The third kappa shape index (κ3) is 2.12. The largest absolute Gasteiger partial charge is 0.342 e. The molecule has 1 saturated heterocycles. The second-order valence-electron chi connectivity index (χ2n) is 4.05. The van der Waals surface area contributed by atoms with Crippen molar-refractivity contribution in [1.82, 2.24) is 14.8 Å². The van der Waals surface area contributed by atoms with Gasteiger partial charge in [-0.1, -0.05) is 23.7 Å². The topological polar surface area (TPSA) is 49.2 Å². The Kier molecular flexibility index (Phi) is 3.03. The third-order valence-electron chi connectivity index (χ3n) is 2.87. The summed E-state index contributed by atoms with van der Waals surface area (Å²) < 4.78 is 13.3. The van der Waals surface area contributed by atoms with Gasteiger partial charge in [-0.3, -0.25) is 0 Å². The Hall–Kier alpha value is -1.43. The monoisotopic (exact) mass is 265 g/mol. The lowest BCUT2D eigenvalue weighted by Crippen LogP contribution is -2.33. The minimum Gasteiger partial charge on any atom is -0.342 e. The van der Waals surface area contributed by atoms with Gasteiger partial charge in [0.05, 0.1) is 13.2 Å². The van der Waals surface area contributed by atoms with Gasteiger partial charge < -0.3 is 9.47 Å². The van der Waals surface area contributed by atoms with Crippen molar-refractivity contribution < 1.29 is 9.47 Å². The molecule has 0 amide bonds. The fourth-order valence-electron chi connectivity index (χ4n) is 2.04. The highest BCUT2D eigenvalue weighted by atomic mass is 35.5. The molecule has 0 atom stereocenters. The van der Waals surface area contributed by atoms with Gasteiger partial charge in [-0.2, -0.15) is 5.10 Å². The van der Waals surface area contributed by atoms with Gasteiger partial charge in [0, 0.05) is 10.6 Å². The predicted molar refractivity (Wildman–Crippen MR) is 65.1 cm³/mol. The minimum atomic E-state index is -0.793. The molecule has 2 aromatic rings. The quantitative estimate of drug-likeness (QED) is 0.850. The highest BCUT2D eigenvalue weighted by Gasteiger charge is 2.39. The molecule has 0 aliphatic carbocycles. The summed E-state index contributed by atoms with van der Waals surface area (Å²) in [5.74, 6) is -0.793. The van der Waals surface area contributed by atoms with E-state index in [1.54, 1.807) is 11.0 Å². The SMILES string of the molecule is Clc1ccc(C2(Cn3cncn3)OCCO2)cc1. The van der Waals surface area contributed by atoms with Crippen molar-refractivity contribution >= 4 is 11.6 Å². The van der Waals surface area contributed by atoms with E-state index in [1.807, 2.05) is 24.3 Å². The molecule has 1 aromatic carbocycles. The van der Waals surface area contributed by atoms with Gasteiger partial charge in [0.2, 0.25) is 5.79 Å². The molecule has 0 unspecified atom stereocenters. The van der Waals surface area contributed by atoms with Crippen LogP contribution in [-0.4, -0.2) is 28.0 Å². The summed E-state index contributed by atoms with van der Waals surface area (Å²) in [6, 6.07) is 7.46. The number of halogens is 1. The number of benzene rings is 1. The zero-order valence-electron chi connectivity index (χ0n) is 9.62. The lowest BCUT2D eigenvalue weighted by Gasteiger charge is -2.27. The molecule has 0 N–H and O–H groups in total. The van der Waals surface area contributed by atoms with Crippen molar-refractivity contribution in [3.63, 3.8) is 0 Å². The molecular weight excluding hydrogens is 254 g/mol. The number of rotatable bonds is 3. The smallest absolute Gasteiger partial charge is 0.215 e. The normalized spacial score (nSPS) is 18.1. The summed E-state index contributed by atoms with van der Waals surface area (Å²) in [7, 11) is 0. The van der Waals surface area contributed by atoms with Crippen LogP contribution in [0.5, 0.6) is 0 Å². The summed E-state index contributed by atoms with van der Waals surface area (Å²) in [6.07, 6.45) is 3.13. The van der Waals surface area contributed by atoms with Gasteiger partial charge in [-0.05, 0) is 12.1 Å². The van der Waals surface area contributed by atoms with Crippen molar-refractivity contribution in [2.75, 3.05) is 13.2 Å². The average molecular weight is 266 g/mol. The summed E-state index contributed by atoms with van der Waals surface area (Å²) in [5, 5.41) is 4.77. The summed E-state index contributed by atoms with van der Waals surface area (Å²) >= 11 is 5.90. The molecule has 94 valence electrons. The van der Waals surface area contributed by atoms with Gasteiger partial charge in [0.1, 0.15) is 19.2 Å². The van der Waals surface area contributed by atoms with Crippen LogP contribution in [0.25, 0.3) is 0 Å². The van der Waals surface area contributed by atoms with E-state index in [2.05, 4.69) is 10.1 Å². The molecule has 1 aromatic heterocycles. The van der Waals surface area contributed by atoms with E-state index in [-0.39, 0.29) is 0 Å². The molecule has 6 heteroatoms. The Bertz CT molecular complexity index is 507. The lowest BCUT2D eigenvalue weighted by atomic mass is 10.1. The molecule has 18 heavy (non-hydrogen) atoms. The van der Waals surface area contributed by atoms with E-state index >= 15 is 0 Å². The minimum absolute atomic E-state index is 0.467. The number of hydrogen-bond acceptors (Lipinski definition) is 4. The Balaban J connectivity index is 1.93. The predicted octanol–water partition coefficient (Wildman–Crippen LogP) is 1.83. The fourth-order valence-corrected chi connectivity index (χ4v) is 2.16. The molecule has 1 fully saturated rings. The molecule has 0 saturated carbocycles. The number of ether oxygens (including phenoxy) is 2. The Labute approximate surface area is 109 Å². The Morgan fingerprint density at radius 3 is 2.56 bits per heavy atom. The van der Waals surface area contributed by atoms with Crippen LogP contribution in [0.15, 0.2) is 36.9 Å². The summed E-state index contributed by atoms with van der Waals surface area (Å²) in [5.41, 5.74) is 0.930. The summed E-state index contributed by atoms with van der Waals surface area (Å²) in [4.78, 5) is 3.92. The standard InChI is InChI=1S/C12H12ClN3O2/c13-11-3-1-10(2-4-11)12(17-5-6-18-12)7-16-9-14-8-15-16/h1-4,8-9H,5-7H2. The van der Waals surface area contributed by atoms with E-state index < -0.39 is 5.79 Å². The van der Waals surface area contributed by atoms with Crippen LogP contribution in [0.2, 0.25) is 5.02 Å². The van der Waals surface area contributed by atoms with Gasteiger partial charge in [-0.15, -0.1) is 0 Å². The van der Waals surface area contributed by atoms with Gasteiger partial charge in [0.25, 0.3) is 0 Å². The highest BCUT2D eigenvalue weighted by Crippen LogP contribution is 2.33. The molecule has 2 heterocycles. The van der Waals surface area contributed by atoms with E-state index in [4.69, 9.17) is 21.1 Å². The number of hydrogen-bond donors (Lipinski definition) is 0. The average Bonchev–Trinajstić information content (AvgIpc) is 3.03. The maximum absolute atomic E-state index is 5.90.